The van der Waals surface area contributed by atoms with E-state index in [4.69, 9.17) is 4.74 Å². The lowest BCUT2D eigenvalue weighted by molar-refractivity contribution is 0.0121. The smallest absolute Gasteiger partial charge is 0.410 e. The molecule has 0 bridgehead atoms. The Bertz CT molecular complexity index is 499. The van der Waals surface area contributed by atoms with Gasteiger partial charge < -0.3 is 15.0 Å². The fraction of sp³-hybridized carbons (Fsp3) is 0.562. The van der Waals surface area contributed by atoms with Gasteiger partial charge >= 0.3 is 6.09 Å². The molecule has 1 aliphatic rings. The second-order valence-electron chi connectivity index (χ2n) is 6.33. The van der Waals surface area contributed by atoms with Crippen LogP contribution >= 0.6 is 0 Å². The number of nitrogens with zero attached hydrogens (tertiary/aromatic N) is 1. The molecule has 116 valence electrons. The van der Waals surface area contributed by atoms with Gasteiger partial charge in [0, 0.05) is 19.6 Å². The molecule has 1 aliphatic heterocycles. The minimum atomic E-state index is -0.523. The number of amides is 1. The third-order valence-electron chi connectivity index (χ3n) is 3.39. The zero-order valence-electron chi connectivity index (χ0n) is 12.9. The summed E-state index contributed by atoms with van der Waals surface area (Å²) in [7, 11) is 0. The van der Waals surface area contributed by atoms with Crippen LogP contribution < -0.4 is 5.32 Å². The van der Waals surface area contributed by atoms with Gasteiger partial charge in [-0.1, -0.05) is 18.2 Å². The summed E-state index contributed by atoms with van der Waals surface area (Å²) in [5.74, 6) is -0.229. The Hall–Kier alpha value is -1.62. The number of benzene rings is 1. The molecule has 0 aromatic heterocycles. The van der Waals surface area contributed by atoms with E-state index in [1.807, 2.05) is 26.8 Å². The van der Waals surface area contributed by atoms with E-state index in [2.05, 4.69) is 5.32 Å². The van der Waals surface area contributed by atoms with E-state index in [-0.39, 0.29) is 18.0 Å². The zero-order chi connectivity index (χ0) is 15.5. The van der Waals surface area contributed by atoms with Crippen molar-refractivity contribution in [2.24, 2.45) is 0 Å². The highest BCUT2D eigenvalue weighted by Gasteiger charge is 2.30. The summed E-state index contributed by atoms with van der Waals surface area (Å²) in [5, 5.41) is 3.25. The monoisotopic (exact) mass is 294 g/mol. The number of rotatable bonds is 2. The van der Waals surface area contributed by atoms with Crippen LogP contribution in [0.25, 0.3) is 0 Å². The summed E-state index contributed by atoms with van der Waals surface area (Å²) in [6.07, 6.45) is 0.157. The Morgan fingerprint density at radius 1 is 1.43 bits per heavy atom. The average Bonchev–Trinajstić information content (AvgIpc) is 2.40. The van der Waals surface area contributed by atoms with Crippen LogP contribution in [0.4, 0.5) is 9.18 Å². The van der Waals surface area contributed by atoms with E-state index in [1.54, 1.807) is 17.0 Å². The Kier molecular flexibility index (Phi) is 4.83. The Balaban J connectivity index is 2.09. The highest BCUT2D eigenvalue weighted by molar-refractivity contribution is 5.68. The third-order valence-corrected chi connectivity index (χ3v) is 3.39. The summed E-state index contributed by atoms with van der Waals surface area (Å²) in [4.78, 5) is 14.0. The maximum absolute atomic E-state index is 13.8. The first kappa shape index (κ1) is 15.8. The molecule has 1 saturated heterocycles. The van der Waals surface area contributed by atoms with E-state index in [0.29, 0.717) is 25.1 Å². The quantitative estimate of drug-likeness (QED) is 0.911. The number of hydrogen-bond acceptors (Lipinski definition) is 3. The molecule has 1 heterocycles. The molecule has 0 saturated carbocycles. The summed E-state index contributed by atoms with van der Waals surface area (Å²) in [5.41, 5.74) is 0.101. The van der Waals surface area contributed by atoms with Crippen LogP contribution in [0.5, 0.6) is 0 Å². The Morgan fingerprint density at radius 3 is 2.81 bits per heavy atom. The third kappa shape index (κ3) is 4.43. The van der Waals surface area contributed by atoms with E-state index in [0.717, 1.165) is 6.54 Å². The van der Waals surface area contributed by atoms with E-state index >= 15 is 0 Å². The zero-order valence-corrected chi connectivity index (χ0v) is 12.9. The van der Waals surface area contributed by atoms with Crippen molar-refractivity contribution < 1.29 is 13.9 Å². The molecule has 21 heavy (non-hydrogen) atoms. The SMILES string of the molecule is CC(C)(C)OC(=O)N1CCNC[C@H]1Cc1ccccc1F. The number of ether oxygens (including phenoxy) is 1. The number of hydrogen-bond donors (Lipinski definition) is 1. The Labute approximate surface area is 125 Å². The highest BCUT2D eigenvalue weighted by atomic mass is 19.1. The molecule has 1 aromatic rings. The van der Waals surface area contributed by atoms with Crippen LogP contribution in [-0.2, 0) is 11.2 Å². The fourth-order valence-corrected chi connectivity index (χ4v) is 2.42. The topological polar surface area (TPSA) is 41.6 Å². The van der Waals surface area contributed by atoms with Crippen molar-refractivity contribution in [2.75, 3.05) is 19.6 Å². The molecule has 2 rings (SSSR count). The van der Waals surface area contributed by atoms with E-state index < -0.39 is 5.60 Å². The van der Waals surface area contributed by atoms with Crippen LogP contribution in [0.3, 0.4) is 0 Å². The second-order valence-corrected chi connectivity index (χ2v) is 6.33. The summed E-state index contributed by atoms with van der Waals surface area (Å²) in [6, 6.07) is 6.60. The molecule has 0 radical (unpaired) electrons. The predicted molar refractivity (Wildman–Crippen MR) is 79.7 cm³/mol. The summed E-state index contributed by atoms with van der Waals surface area (Å²) < 4.78 is 19.2. The molecule has 0 aliphatic carbocycles. The Morgan fingerprint density at radius 2 is 2.14 bits per heavy atom. The van der Waals surface area contributed by atoms with Gasteiger partial charge in [0.15, 0.2) is 0 Å². The van der Waals surface area contributed by atoms with Gasteiger partial charge in [0.25, 0.3) is 0 Å². The summed E-state index contributed by atoms with van der Waals surface area (Å²) in [6.45, 7) is 7.49. The van der Waals surface area contributed by atoms with Crippen molar-refractivity contribution in [1.82, 2.24) is 10.2 Å². The van der Waals surface area contributed by atoms with Crippen LogP contribution in [0.1, 0.15) is 26.3 Å². The highest BCUT2D eigenvalue weighted by Crippen LogP contribution is 2.17. The lowest BCUT2D eigenvalue weighted by atomic mass is 10.0. The maximum atomic E-state index is 13.8. The van der Waals surface area contributed by atoms with Crippen LogP contribution in [0.15, 0.2) is 24.3 Å². The first-order valence-electron chi connectivity index (χ1n) is 7.30. The number of nitrogens with one attached hydrogen (secondary N) is 1. The van der Waals surface area contributed by atoms with Gasteiger partial charge in [-0.3, -0.25) is 0 Å². The van der Waals surface area contributed by atoms with Gasteiger partial charge in [-0.05, 0) is 38.8 Å². The average molecular weight is 294 g/mol. The van der Waals surface area contributed by atoms with Crippen molar-refractivity contribution in [1.29, 1.82) is 0 Å². The molecule has 1 N–H and O–H groups in total. The summed E-state index contributed by atoms with van der Waals surface area (Å²) >= 11 is 0. The first-order valence-corrected chi connectivity index (χ1v) is 7.30. The van der Waals surface area contributed by atoms with Crippen molar-refractivity contribution in [3.8, 4) is 0 Å². The van der Waals surface area contributed by atoms with Crippen LogP contribution in [0.2, 0.25) is 0 Å². The first-order chi connectivity index (χ1) is 9.87. The number of carbonyl (C=O) groups is 1. The molecule has 4 nitrogen and oxygen atoms in total. The number of halogens is 1. The van der Waals surface area contributed by atoms with Gasteiger partial charge in [0.1, 0.15) is 11.4 Å². The van der Waals surface area contributed by atoms with Crippen molar-refractivity contribution in [3.63, 3.8) is 0 Å². The minimum absolute atomic E-state index is 0.0921. The van der Waals surface area contributed by atoms with Gasteiger partial charge in [-0.25, -0.2) is 9.18 Å². The molecule has 1 fully saturated rings. The minimum Gasteiger partial charge on any atom is -0.444 e. The molecule has 5 heteroatoms. The van der Waals surface area contributed by atoms with Gasteiger partial charge in [-0.15, -0.1) is 0 Å². The molecular weight excluding hydrogens is 271 g/mol. The standard InChI is InChI=1S/C16H23FN2O2/c1-16(2,3)21-15(20)19-9-8-18-11-13(19)10-12-6-4-5-7-14(12)17/h4-7,13,18H,8-11H2,1-3H3/t13-/m1/s1. The van der Waals surface area contributed by atoms with Gasteiger partial charge in [-0.2, -0.15) is 0 Å². The normalized spacial score (nSPS) is 19.4. The molecular formula is C16H23FN2O2. The van der Waals surface area contributed by atoms with Crippen molar-refractivity contribution >= 4 is 6.09 Å². The number of carbonyl (C=O) groups excluding carboxylic acids is 1. The second kappa shape index (κ2) is 6.43. The lowest BCUT2D eigenvalue weighted by Gasteiger charge is -2.37. The molecule has 1 aromatic carbocycles. The van der Waals surface area contributed by atoms with Gasteiger partial charge in [0.05, 0.1) is 6.04 Å². The molecule has 0 unspecified atom stereocenters. The van der Waals surface area contributed by atoms with Gasteiger partial charge in [0.2, 0.25) is 0 Å². The molecule has 1 amide bonds. The number of piperazine rings is 1. The maximum Gasteiger partial charge on any atom is 0.410 e. The van der Waals surface area contributed by atoms with Crippen molar-refractivity contribution in [3.05, 3.63) is 35.6 Å². The van der Waals surface area contributed by atoms with Crippen LogP contribution in [-0.4, -0.2) is 42.3 Å². The van der Waals surface area contributed by atoms with E-state index in [1.165, 1.54) is 6.07 Å². The molecule has 1 atom stereocenters. The van der Waals surface area contributed by atoms with Crippen LogP contribution in [0, 0.1) is 5.82 Å². The van der Waals surface area contributed by atoms with E-state index in [9.17, 15) is 9.18 Å². The fourth-order valence-electron chi connectivity index (χ4n) is 2.42. The lowest BCUT2D eigenvalue weighted by Crippen LogP contribution is -2.55. The molecule has 0 spiro atoms. The largest absolute Gasteiger partial charge is 0.444 e. The predicted octanol–water partition coefficient (Wildman–Crippen LogP) is 2.58. The van der Waals surface area contributed by atoms with Crippen molar-refractivity contribution in [2.45, 2.75) is 38.8 Å².